The molecular formula is C16H25N. The first-order chi connectivity index (χ1) is 8.22. The van der Waals surface area contributed by atoms with Crippen molar-refractivity contribution in [3.05, 3.63) is 34.9 Å². The fourth-order valence-corrected chi connectivity index (χ4v) is 3.03. The predicted molar refractivity (Wildman–Crippen MR) is 74.5 cm³/mol. The molecule has 94 valence electrons. The standard InChI is InChI=1S/C16H25N/c1-4-5-15-11-17-9-8-16(15)14-7-6-12(2)13(3)10-14/h6-7,10,15-17H,4-5,8-9,11H2,1-3H3. The average molecular weight is 231 g/mol. The van der Waals surface area contributed by atoms with Gasteiger partial charge in [0.2, 0.25) is 0 Å². The normalized spacial score (nSPS) is 24.9. The van der Waals surface area contributed by atoms with Gasteiger partial charge in [0.25, 0.3) is 0 Å². The monoisotopic (exact) mass is 231 g/mol. The zero-order valence-electron chi connectivity index (χ0n) is 11.4. The van der Waals surface area contributed by atoms with Gasteiger partial charge in [0, 0.05) is 0 Å². The zero-order valence-corrected chi connectivity index (χ0v) is 11.4. The summed E-state index contributed by atoms with van der Waals surface area (Å²) in [6.07, 6.45) is 3.95. The van der Waals surface area contributed by atoms with Crippen LogP contribution >= 0.6 is 0 Å². The third kappa shape index (κ3) is 2.90. The van der Waals surface area contributed by atoms with E-state index in [1.165, 1.54) is 43.5 Å². The zero-order chi connectivity index (χ0) is 12.3. The number of rotatable bonds is 3. The van der Waals surface area contributed by atoms with E-state index in [9.17, 15) is 0 Å². The molecule has 0 aromatic heterocycles. The van der Waals surface area contributed by atoms with Crippen molar-refractivity contribution in [3.63, 3.8) is 0 Å². The van der Waals surface area contributed by atoms with Crippen molar-refractivity contribution < 1.29 is 0 Å². The number of aryl methyl sites for hydroxylation is 2. The summed E-state index contributed by atoms with van der Waals surface area (Å²) < 4.78 is 0. The summed E-state index contributed by atoms with van der Waals surface area (Å²) in [4.78, 5) is 0. The van der Waals surface area contributed by atoms with Crippen molar-refractivity contribution in [2.24, 2.45) is 5.92 Å². The Kier molecular flexibility index (Phi) is 4.22. The number of piperidine rings is 1. The van der Waals surface area contributed by atoms with Crippen LogP contribution in [0.15, 0.2) is 18.2 Å². The Morgan fingerprint density at radius 2 is 2.06 bits per heavy atom. The van der Waals surface area contributed by atoms with E-state index in [1.54, 1.807) is 5.56 Å². The Hall–Kier alpha value is -0.820. The minimum absolute atomic E-state index is 0.774. The Balaban J connectivity index is 2.20. The molecule has 1 aromatic rings. The van der Waals surface area contributed by atoms with Crippen LogP contribution in [0.3, 0.4) is 0 Å². The molecule has 2 rings (SSSR count). The Bertz CT molecular complexity index is 368. The third-order valence-corrected chi connectivity index (χ3v) is 4.23. The van der Waals surface area contributed by atoms with Crippen LogP contribution in [0, 0.1) is 19.8 Å². The molecule has 1 aliphatic heterocycles. The van der Waals surface area contributed by atoms with Crippen molar-refractivity contribution in [2.45, 2.75) is 46.0 Å². The third-order valence-electron chi connectivity index (χ3n) is 4.23. The van der Waals surface area contributed by atoms with Crippen LogP contribution in [-0.4, -0.2) is 13.1 Å². The Morgan fingerprint density at radius 3 is 2.76 bits per heavy atom. The summed E-state index contributed by atoms with van der Waals surface area (Å²) in [6.45, 7) is 9.11. The molecule has 0 aliphatic carbocycles. The smallest absolute Gasteiger partial charge is 0.00147 e. The van der Waals surface area contributed by atoms with Gasteiger partial charge in [-0.2, -0.15) is 0 Å². The van der Waals surface area contributed by atoms with Crippen molar-refractivity contribution in [3.8, 4) is 0 Å². The van der Waals surface area contributed by atoms with Gasteiger partial charge in [-0.1, -0.05) is 31.5 Å². The van der Waals surface area contributed by atoms with Gasteiger partial charge in [0.1, 0.15) is 0 Å². The molecule has 2 atom stereocenters. The molecule has 0 amide bonds. The molecule has 1 N–H and O–H groups in total. The number of hydrogen-bond donors (Lipinski definition) is 1. The maximum atomic E-state index is 3.55. The van der Waals surface area contributed by atoms with Gasteiger partial charge in [-0.3, -0.25) is 0 Å². The van der Waals surface area contributed by atoms with Crippen molar-refractivity contribution >= 4 is 0 Å². The molecular weight excluding hydrogens is 206 g/mol. The summed E-state index contributed by atoms with van der Waals surface area (Å²) in [5.41, 5.74) is 4.42. The molecule has 0 saturated carbocycles. The van der Waals surface area contributed by atoms with Gasteiger partial charge in [-0.05, 0) is 68.3 Å². The van der Waals surface area contributed by atoms with Gasteiger partial charge >= 0.3 is 0 Å². The van der Waals surface area contributed by atoms with Gasteiger partial charge < -0.3 is 5.32 Å². The van der Waals surface area contributed by atoms with E-state index in [0.29, 0.717) is 0 Å². The predicted octanol–water partition coefficient (Wildman–Crippen LogP) is 3.80. The lowest BCUT2D eigenvalue weighted by molar-refractivity contribution is 0.306. The minimum atomic E-state index is 0.774. The SMILES string of the molecule is CCCC1CNCCC1c1ccc(C)c(C)c1. The van der Waals surface area contributed by atoms with E-state index in [4.69, 9.17) is 0 Å². The van der Waals surface area contributed by atoms with Crippen molar-refractivity contribution in [1.29, 1.82) is 0 Å². The second kappa shape index (κ2) is 5.68. The maximum absolute atomic E-state index is 3.55. The minimum Gasteiger partial charge on any atom is -0.316 e. The van der Waals surface area contributed by atoms with Crippen LogP contribution in [0.2, 0.25) is 0 Å². The summed E-state index contributed by atoms with van der Waals surface area (Å²) in [7, 11) is 0. The largest absolute Gasteiger partial charge is 0.316 e. The second-order valence-electron chi connectivity index (χ2n) is 5.49. The van der Waals surface area contributed by atoms with E-state index >= 15 is 0 Å². The maximum Gasteiger partial charge on any atom is -0.00147 e. The highest BCUT2D eigenvalue weighted by atomic mass is 14.9. The number of nitrogens with one attached hydrogen (secondary N) is 1. The van der Waals surface area contributed by atoms with E-state index in [1.807, 2.05) is 0 Å². The number of hydrogen-bond acceptors (Lipinski definition) is 1. The van der Waals surface area contributed by atoms with E-state index in [2.05, 4.69) is 44.3 Å². The molecule has 1 aromatic carbocycles. The van der Waals surface area contributed by atoms with Gasteiger partial charge in [-0.25, -0.2) is 0 Å². The summed E-state index contributed by atoms with van der Waals surface area (Å²) in [6, 6.07) is 7.05. The van der Waals surface area contributed by atoms with Crippen LogP contribution in [-0.2, 0) is 0 Å². The van der Waals surface area contributed by atoms with Crippen LogP contribution in [0.1, 0.15) is 48.8 Å². The topological polar surface area (TPSA) is 12.0 Å². The molecule has 1 heteroatoms. The lowest BCUT2D eigenvalue weighted by Gasteiger charge is -2.32. The lowest BCUT2D eigenvalue weighted by Crippen LogP contribution is -2.35. The highest BCUT2D eigenvalue weighted by Gasteiger charge is 2.25. The molecule has 1 fully saturated rings. The molecule has 1 aliphatic rings. The molecule has 0 bridgehead atoms. The molecule has 1 saturated heterocycles. The first kappa shape index (κ1) is 12.6. The van der Waals surface area contributed by atoms with Crippen LogP contribution in [0.25, 0.3) is 0 Å². The Morgan fingerprint density at radius 1 is 1.24 bits per heavy atom. The molecule has 1 heterocycles. The van der Waals surface area contributed by atoms with Crippen molar-refractivity contribution in [2.75, 3.05) is 13.1 Å². The molecule has 2 unspecified atom stereocenters. The fourth-order valence-electron chi connectivity index (χ4n) is 3.03. The van der Waals surface area contributed by atoms with Crippen LogP contribution in [0.5, 0.6) is 0 Å². The van der Waals surface area contributed by atoms with Gasteiger partial charge in [0.05, 0.1) is 0 Å². The van der Waals surface area contributed by atoms with Gasteiger partial charge in [0.15, 0.2) is 0 Å². The van der Waals surface area contributed by atoms with Crippen LogP contribution < -0.4 is 5.32 Å². The average Bonchev–Trinajstić information content (AvgIpc) is 2.34. The Labute approximate surface area is 106 Å². The summed E-state index contributed by atoms with van der Waals surface area (Å²) >= 11 is 0. The quantitative estimate of drug-likeness (QED) is 0.834. The second-order valence-corrected chi connectivity index (χ2v) is 5.49. The van der Waals surface area contributed by atoms with E-state index in [-0.39, 0.29) is 0 Å². The molecule has 1 nitrogen and oxygen atoms in total. The molecule has 0 radical (unpaired) electrons. The summed E-state index contributed by atoms with van der Waals surface area (Å²) in [5.74, 6) is 1.60. The van der Waals surface area contributed by atoms with E-state index in [0.717, 1.165) is 11.8 Å². The number of benzene rings is 1. The summed E-state index contributed by atoms with van der Waals surface area (Å²) in [5, 5.41) is 3.55. The first-order valence-corrected chi connectivity index (χ1v) is 7.00. The van der Waals surface area contributed by atoms with Crippen molar-refractivity contribution in [1.82, 2.24) is 5.32 Å². The highest BCUT2D eigenvalue weighted by molar-refractivity contribution is 5.32. The molecule has 17 heavy (non-hydrogen) atoms. The fraction of sp³-hybridized carbons (Fsp3) is 0.625. The lowest BCUT2D eigenvalue weighted by atomic mass is 9.78. The highest BCUT2D eigenvalue weighted by Crippen LogP contribution is 2.33. The van der Waals surface area contributed by atoms with Crippen LogP contribution in [0.4, 0.5) is 0 Å². The first-order valence-electron chi connectivity index (χ1n) is 7.00. The van der Waals surface area contributed by atoms with Gasteiger partial charge in [-0.15, -0.1) is 0 Å². The van der Waals surface area contributed by atoms with E-state index < -0.39 is 0 Å². The molecule has 0 spiro atoms.